The number of rotatable bonds is 8. The van der Waals surface area contributed by atoms with Gasteiger partial charge in [-0.15, -0.1) is 20.4 Å². The summed E-state index contributed by atoms with van der Waals surface area (Å²) >= 11 is 1.53. The lowest BCUT2D eigenvalue weighted by molar-refractivity contribution is 0.354. The first-order valence-electron chi connectivity index (χ1n) is 8.19. The first-order chi connectivity index (χ1) is 12.6. The zero-order valence-electron chi connectivity index (χ0n) is 15.2. The quantitative estimate of drug-likeness (QED) is 0.555. The van der Waals surface area contributed by atoms with E-state index in [-0.39, 0.29) is 0 Å². The van der Waals surface area contributed by atoms with E-state index >= 15 is 0 Å². The van der Waals surface area contributed by atoms with Gasteiger partial charge in [-0.1, -0.05) is 17.8 Å². The number of aryl methyl sites for hydroxylation is 1. The Balaban J connectivity index is 1.75. The number of nitrogens with zero attached hydrogens (tertiary/aromatic N) is 5. The van der Waals surface area contributed by atoms with Crippen LogP contribution in [0.15, 0.2) is 27.8 Å². The zero-order chi connectivity index (χ0) is 18.5. The Kier molecular flexibility index (Phi) is 5.77. The van der Waals surface area contributed by atoms with Crippen LogP contribution in [0.4, 0.5) is 0 Å². The smallest absolute Gasteiger partial charge is 0.226 e. The van der Waals surface area contributed by atoms with Gasteiger partial charge >= 0.3 is 0 Å². The maximum Gasteiger partial charge on any atom is 0.226 e. The van der Waals surface area contributed by atoms with E-state index in [4.69, 9.17) is 13.9 Å². The molecule has 1 aromatic carbocycles. The third-order valence-electron chi connectivity index (χ3n) is 3.81. The second-order valence-electron chi connectivity index (χ2n) is 5.51. The van der Waals surface area contributed by atoms with Crippen LogP contribution >= 0.6 is 11.8 Å². The number of benzene rings is 1. The summed E-state index contributed by atoms with van der Waals surface area (Å²) in [6.07, 6.45) is 0.654. The number of ether oxygens (including phenoxy) is 2. The maximum absolute atomic E-state index is 5.40. The highest BCUT2D eigenvalue weighted by molar-refractivity contribution is 7.98. The van der Waals surface area contributed by atoms with E-state index in [9.17, 15) is 0 Å². The van der Waals surface area contributed by atoms with Gasteiger partial charge in [-0.3, -0.25) is 0 Å². The molecule has 2 aromatic heterocycles. The SMILES string of the molecule is CCn1c(Cc2ccc(OC)c(OC)c2)nnc1SCc1nnc(C)o1. The molecule has 3 aromatic rings. The predicted molar refractivity (Wildman–Crippen MR) is 96.6 cm³/mol. The molecule has 0 amide bonds. The first kappa shape index (κ1) is 18.2. The Bertz CT molecular complexity index is 877. The number of methoxy groups -OCH3 is 2. The Hall–Kier alpha value is -2.55. The highest BCUT2D eigenvalue weighted by Crippen LogP contribution is 2.29. The summed E-state index contributed by atoms with van der Waals surface area (Å²) in [6, 6.07) is 5.86. The standard InChI is InChI=1S/C17H21N5O3S/c1-5-22-15(9-12-6-7-13(23-3)14(8-12)24-4)19-21-17(22)26-10-16-20-18-11(2)25-16/h6-8H,5,9-10H2,1-4H3. The van der Waals surface area contributed by atoms with Gasteiger partial charge in [0.05, 0.1) is 20.0 Å². The van der Waals surface area contributed by atoms with Crippen LogP contribution in [0.3, 0.4) is 0 Å². The molecule has 0 saturated carbocycles. The van der Waals surface area contributed by atoms with Gasteiger partial charge in [-0.05, 0) is 24.6 Å². The molecule has 0 atom stereocenters. The summed E-state index contributed by atoms with van der Waals surface area (Å²) < 4.78 is 18.1. The monoisotopic (exact) mass is 375 g/mol. The van der Waals surface area contributed by atoms with E-state index < -0.39 is 0 Å². The largest absolute Gasteiger partial charge is 0.493 e. The van der Waals surface area contributed by atoms with E-state index in [1.54, 1.807) is 21.1 Å². The molecule has 0 unspecified atom stereocenters. The molecule has 26 heavy (non-hydrogen) atoms. The second-order valence-corrected chi connectivity index (χ2v) is 6.46. The van der Waals surface area contributed by atoms with Gasteiger partial charge in [0, 0.05) is 19.9 Å². The fraction of sp³-hybridized carbons (Fsp3) is 0.412. The van der Waals surface area contributed by atoms with Crippen LogP contribution in [-0.2, 0) is 18.7 Å². The van der Waals surface area contributed by atoms with Gasteiger partial charge < -0.3 is 18.5 Å². The normalized spacial score (nSPS) is 10.9. The van der Waals surface area contributed by atoms with Crippen molar-refractivity contribution >= 4 is 11.8 Å². The van der Waals surface area contributed by atoms with Gasteiger partial charge in [0.1, 0.15) is 5.82 Å². The van der Waals surface area contributed by atoms with Gasteiger partial charge in [-0.25, -0.2) is 0 Å². The fourth-order valence-electron chi connectivity index (χ4n) is 2.57. The molecule has 0 bridgehead atoms. The molecule has 2 heterocycles. The van der Waals surface area contributed by atoms with Gasteiger partial charge in [0.25, 0.3) is 0 Å². The lowest BCUT2D eigenvalue weighted by Crippen LogP contribution is -2.04. The van der Waals surface area contributed by atoms with Crippen molar-refractivity contribution in [3.05, 3.63) is 41.4 Å². The van der Waals surface area contributed by atoms with E-state index in [0.717, 1.165) is 23.1 Å². The Morgan fingerprint density at radius 2 is 1.88 bits per heavy atom. The summed E-state index contributed by atoms with van der Waals surface area (Å²) in [5.74, 6) is 4.01. The van der Waals surface area contributed by atoms with Crippen LogP contribution in [0, 0.1) is 6.92 Å². The molecule has 0 fully saturated rings. The zero-order valence-corrected chi connectivity index (χ0v) is 16.0. The van der Waals surface area contributed by atoms with Crippen LogP contribution in [0.2, 0.25) is 0 Å². The van der Waals surface area contributed by atoms with E-state index in [1.807, 2.05) is 18.2 Å². The molecule has 0 aliphatic rings. The van der Waals surface area contributed by atoms with Crippen molar-refractivity contribution < 1.29 is 13.9 Å². The second kappa shape index (κ2) is 8.22. The molecule has 0 saturated heterocycles. The van der Waals surface area contributed by atoms with Crippen molar-refractivity contribution in [2.45, 2.75) is 37.7 Å². The maximum atomic E-state index is 5.40. The van der Waals surface area contributed by atoms with Crippen molar-refractivity contribution in [2.75, 3.05) is 14.2 Å². The van der Waals surface area contributed by atoms with Crippen molar-refractivity contribution in [3.8, 4) is 11.5 Å². The average Bonchev–Trinajstić information content (AvgIpc) is 3.25. The van der Waals surface area contributed by atoms with E-state index in [0.29, 0.717) is 35.5 Å². The highest BCUT2D eigenvalue weighted by Gasteiger charge is 2.14. The lowest BCUT2D eigenvalue weighted by atomic mass is 10.1. The summed E-state index contributed by atoms with van der Waals surface area (Å²) in [5, 5.41) is 17.3. The van der Waals surface area contributed by atoms with Crippen LogP contribution in [0.1, 0.15) is 30.1 Å². The molecule has 0 spiro atoms. The number of hydrogen-bond acceptors (Lipinski definition) is 8. The minimum atomic E-state index is 0.562. The average molecular weight is 375 g/mol. The number of thioether (sulfide) groups is 1. The van der Waals surface area contributed by atoms with E-state index in [2.05, 4.69) is 31.9 Å². The molecule has 0 N–H and O–H groups in total. The molecule has 0 radical (unpaired) electrons. The van der Waals surface area contributed by atoms with Crippen molar-refractivity contribution in [2.24, 2.45) is 0 Å². The predicted octanol–water partition coefficient (Wildman–Crippen LogP) is 2.89. The van der Waals surface area contributed by atoms with Crippen LogP contribution in [-0.4, -0.2) is 39.2 Å². The molecule has 0 aliphatic carbocycles. The van der Waals surface area contributed by atoms with Gasteiger partial charge in [0.2, 0.25) is 11.8 Å². The summed E-state index contributed by atoms with van der Waals surface area (Å²) in [5.41, 5.74) is 1.08. The Morgan fingerprint density at radius 3 is 2.54 bits per heavy atom. The molecule has 8 nitrogen and oxygen atoms in total. The lowest BCUT2D eigenvalue weighted by Gasteiger charge is -2.10. The third kappa shape index (κ3) is 3.98. The number of hydrogen-bond donors (Lipinski definition) is 0. The van der Waals surface area contributed by atoms with Gasteiger partial charge in [0.15, 0.2) is 16.7 Å². The first-order valence-corrected chi connectivity index (χ1v) is 9.18. The topological polar surface area (TPSA) is 88.1 Å². The summed E-state index contributed by atoms with van der Waals surface area (Å²) in [6.45, 7) is 4.63. The number of aromatic nitrogens is 5. The van der Waals surface area contributed by atoms with E-state index in [1.165, 1.54) is 11.8 Å². The van der Waals surface area contributed by atoms with Crippen molar-refractivity contribution in [1.82, 2.24) is 25.0 Å². The minimum Gasteiger partial charge on any atom is -0.493 e. The molecule has 9 heteroatoms. The Labute approximate surface area is 155 Å². The minimum absolute atomic E-state index is 0.562. The van der Waals surface area contributed by atoms with Crippen molar-refractivity contribution in [1.29, 1.82) is 0 Å². The Morgan fingerprint density at radius 1 is 1.08 bits per heavy atom. The molecular weight excluding hydrogens is 354 g/mol. The highest BCUT2D eigenvalue weighted by atomic mass is 32.2. The molecule has 138 valence electrons. The van der Waals surface area contributed by atoms with Crippen molar-refractivity contribution in [3.63, 3.8) is 0 Å². The molecule has 3 rings (SSSR count). The molecular formula is C17H21N5O3S. The molecule has 0 aliphatic heterocycles. The summed E-state index contributed by atoms with van der Waals surface area (Å²) in [4.78, 5) is 0. The summed E-state index contributed by atoms with van der Waals surface area (Å²) in [7, 11) is 3.25. The fourth-order valence-corrected chi connectivity index (χ4v) is 3.43. The third-order valence-corrected chi connectivity index (χ3v) is 4.76. The van der Waals surface area contributed by atoms with Gasteiger partial charge in [-0.2, -0.15) is 0 Å². The van der Waals surface area contributed by atoms with Crippen LogP contribution in [0.5, 0.6) is 11.5 Å². The van der Waals surface area contributed by atoms with Crippen LogP contribution < -0.4 is 9.47 Å². The van der Waals surface area contributed by atoms with Crippen LogP contribution in [0.25, 0.3) is 0 Å².